The summed E-state index contributed by atoms with van der Waals surface area (Å²) in [5, 5.41) is 3.02. The van der Waals surface area contributed by atoms with Crippen LogP contribution < -0.4 is 5.32 Å². The molecule has 0 fully saturated rings. The van der Waals surface area contributed by atoms with Crippen LogP contribution in [0.15, 0.2) is 42.6 Å². The Morgan fingerprint density at radius 1 is 1.18 bits per heavy atom. The lowest BCUT2D eigenvalue weighted by Gasteiger charge is -2.16. The number of benzene rings is 1. The monoisotopic (exact) mass is 234 g/mol. The van der Waals surface area contributed by atoms with Gasteiger partial charge < -0.3 is 5.32 Å². The van der Waals surface area contributed by atoms with Crippen LogP contribution >= 0.6 is 0 Å². The lowest BCUT2D eigenvalue weighted by atomic mass is 10.1. The van der Waals surface area contributed by atoms with Crippen LogP contribution in [0.5, 0.6) is 0 Å². The van der Waals surface area contributed by atoms with Gasteiger partial charge in [-0.1, -0.05) is 18.2 Å². The quantitative estimate of drug-likeness (QED) is 0.822. The summed E-state index contributed by atoms with van der Waals surface area (Å²) >= 11 is 0. The molecule has 0 saturated heterocycles. The molecule has 1 unspecified atom stereocenters. The van der Waals surface area contributed by atoms with Gasteiger partial charge >= 0.3 is 0 Å². The van der Waals surface area contributed by atoms with Crippen LogP contribution in [0.1, 0.15) is 18.5 Å². The number of pyridine rings is 1. The number of nitrogens with one attached hydrogen (secondary N) is 1. The minimum absolute atomic E-state index is 0.238. The molecule has 0 spiro atoms. The Morgan fingerprint density at radius 2 is 1.94 bits per heavy atom. The zero-order valence-corrected chi connectivity index (χ0v) is 9.32. The number of nitrogens with zero attached hydrogens (tertiary/aromatic N) is 1. The van der Waals surface area contributed by atoms with Crippen molar-refractivity contribution in [3.63, 3.8) is 0 Å². The minimum atomic E-state index is -0.560. The number of hydrogen-bond acceptors (Lipinski definition) is 2. The summed E-state index contributed by atoms with van der Waals surface area (Å²) in [6.45, 7) is 1.82. The Labute approximate surface area is 98.3 Å². The van der Waals surface area contributed by atoms with E-state index in [-0.39, 0.29) is 11.9 Å². The van der Waals surface area contributed by atoms with Crippen LogP contribution in [0.4, 0.5) is 14.5 Å². The molecule has 2 rings (SSSR count). The average molecular weight is 234 g/mol. The highest BCUT2D eigenvalue weighted by atomic mass is 19.1. The topological polar surface area (TPSA) is 24.9 Å². The van der Waals surface area contributed by atoms with Gasteiger partial charge in [0.05, 0.1) is 6.04 Å². The number of anilines is 1. The van der Waals surface area contributed by atoms with Gasteiger partial charge in [-0.25, -0.2) is 9.37 Å². The van der Waals surface area contributed by atoms with E-state index in [1.807, 2.05) is 6.92 Å². The molecule has 0 aliphatic rings. The first kappa shape index (κ1) is 11.5. The Kier molecular flexibility index (Phi) is 3.32. The first-order valence-electron chi connectivity index (χ1n) is 5.29. The third-order valence-corrected chi connectivity index (χ3v) is 2.48. The summed E-state index contributed by atoms with van der Waals surface area (Å²) in [6, 6.07) is 9.18. The fourth-order valence-electron chi connectivity index (χ4n) is 1.65. The Morgan fingerprint density at radius 3 is 2.65 bits per heavy atom. The fraction of sp³-hybridized carbons (Fsp3) is 0.154. The Balaban J connectivity index is 2.17. The highest BCUT2D eigenvalue weighted by molar-refractivity contribution is 5.44. The molecule has 17 heavy (non-hydrogen) atoms. The summed E-state index contributed by atoms with van der Waals surface area (Å²) in [5.74, 6) is -0.835. The largest absolute Gasteiger partial charge is 0.378 e. The van der Waals surface area contributed by atoms with Gasteiger partial charge in [0, 0.05) is 23.5 Å². The van der Waals surface area contributed by atoms with E-state index in [9.17, 15) is 8.78 Å². The number of hydrogen-bond donors (Lipinski definition) is 1. The van der Waals surface area contributed by atoms with Crippen LogP contribution in [-0.4, -0.2) is 4.98 Å². The van der Waals surface area contributed by atoms with Crippen molar-refractivity contribution in [3.8, 4) is 0 Å². The van der Waals surface area contributed by atoms with Crippen molar-refractivity contribution in [2.75, 3.05) is 5.32 Å². The van der Waals surface area contributed by atoms with Crippen LogP contribution in [0.3, 0.4) is 0 Å². The molecule has 1 N–H and O–H groups in total. The molecule has 0 bridgehead atoms. The molecule has 2 nitrogen and oxygen atoms in total. The van der Waals surface area contributed by atoms with Gasteiger partial charge in [-0.3, -0.25) is 0 Å². The lowest BCUT2D eigenvalue weighted by molar-refractivity contribution is 0.583. The molecule has 2 aromatic rings. The van der Waals surface area contributed by atoms with Gasteiger partial charge in [0.1, 0.15) is 5.82 Å². The molecule has 0 amide bonds. The molecule has 0 radical (unpaired) electrons. The lowest BCUT2D eigenvalue weighted by Crippen LogP contribution is -2.08. The van der Waals surface area contributed by atoms with E-state index in [2.05, 4.69) is 10.3 Å². The molecular weight excluding hydrogens is 222 g/mol. The molecule has 1 aromatic carbocycles. The third kappa shape index (κ3) is 2.78. The van der Waals surface area contributed by atoms with Crippen molar-refractivity contribution >= 4 is 5.69 Å². The molecule has 88 valence electrons. The van der Waals surface area contributed by atoms with Crippen LogP contribution in [0.2, 0.25) is 0 Å². The maximum atomic E-state index is 13.5. The molecule has 1 atom stereocenters. The summed E-state index contributed by atoms with van der Waals surface area (Å²) < 4.78 is 26.4. The predicted octanol–water partition coefficient (Wildman–Crippen LogP) is 3.53. The number of halogens is 2. The zero-order valence-electron chi connectivity index (χ0n) is 9.32. The SMILES string of the molecule is CC(Nc1ccnc(F)c1)c1ccccc1F. The van der Waals surface area contributed by atoms with Crippen molar-refractivity contribution in [1.82, 2.24) is 4.98 Å². The fourth-order valence-corrected chi connectivity index (χ4v) is 1.65. The molecule has 0 aliphatic heterocycles. The van der Waals surface area contributed by atoms with Gasteiger partial charge in [-0.15, -0.1) is 0 Å². The summed E-state index contributed by atoms with van der Waals surface area (Å²) in [4.78, 5) is 3.46. The van der Waals surface area contributed by atoms with Crippen molar-refractivity contribution < 1.29 is 8.78 Å². The maximum Gasteiger partial charge on any atom is 0.214 e. The first-order chi connectivity index (χ1) is 8.16. The van der Waals surface area contributed by atoms with Crippen molar-refractivity contribution in [2.24, 2.45) is 0 Å². The number of aromatic nitrogens is 1. The van der Waals surface area contributed by atoms with E-state index in [4.69, 9.17) is 0 Å². The summed E-state index contributed by atoms with van der Waals surface area (Å²) in [5.41, 5.74) is 1.12. The first-order valence-corrected chi connectivity index (χ1v) is 5.29. The van der Waals surface area contributed by atoms with Gasteiger partial charge in [-0.2, -0.15) is 4.39 Å². The summed E-state index contributed by atoms with van der Waals surface area (Å²) in [7, 11) is 0. The van der Waals surface area contributed by atoms with E-state index in [0.717, 1.165) is 0 Å². The van der Waals surface area contributed by atoms with E-state index in [1.165, 1.54) is 18.3 Å². The van der Waals surface area contributed by atoms with Crippen molar-refractivity contribution in [3.05, 3.63) is 59.9 Å². The maximum absolute atomic E-state index is 13.5. The second-order valence-corrected chi connectivity index (χ2v) is 3.75. The Hall–Kier alpha value is -1.97. The molecule has 0 saturated carbocycles. The second-order valence-electron chi connectivity index (χ2n) is 3.75. The molecule has 0 aliphatic carbocycles. The van der Waals surface area contributed by atoms with Gasteiger partial charge in [0.25, 0.3) is 0 Å². The molecule has 4 heteroatoms. The zero-order chi connectivity index (χ0) is 12.3. The van der Waals surface area contributed by atoms with E-state index in [0.29, 0.717) is 11.3 Å². The standard InChI is InChI=1S/C13H12F2N2/c1-9(11-4-2-3-5-12(11)14)17-10-6-7-16-13(15)8-10/h2-9H,1H3,(H,16,17). The molecule has 1 heterocycles. The van der Waals surface area contributed by atoms with E-state index in [1.54, 1.807) is 24.3 Å². The van der Waals surface area contributed by atoms with Crippen molar-refractivity contribution in [1.29, 1.82) is 0 Å². The third-order valence-electron chi connectivity index (χ3n) is 2.48. The van der Waals surface area contributed by atoms with E-state index >= 15 is 0 Å². The van der Waals surface area contributed by atoms with Crippen LogP contribution in [0.25, 0.3) is 0 Å². The molecule has 1 aromatic heterocycles. The molecular formula is C13H12F2N2. The van der Waals surface area contributed by atoms with Gasteiger partial charge in [0.15, 0.2) is 0 Å². The van der Waals surface area contributed by atoms with Gasteiger partial charge in [-0.05, 0) is 19.1 Å². The second kappa shape index (κ2) is 4.91. The van der Waals surface area contributed by atoms with Crippen LogP contribution in [-0.2, 0) is 0 Å². The normalized spacial score (nSPS) is 12.2. The predicted molar refractivity (Wildman–Crippen MR) is 62.6 cm³/mol. The van der Waals surface area contributed by atoms with E-state index < -0.39 is 5.95 Å². The minimum Gasteiger partial charge on any atom is -0.378 e. The van der Waals surface area contributed by atoms with Gasteiger partial charge in [0.2, 0.25) is 5.95 Å². The highest BCUT2D eigenvalue weighted by Crippen LogP contribution is 2.21. The average Bonchev–Trinajstić information content (AvgIpc) is 2.29. The smallest absolute Gasteiger partial charge is 0.214 e. The highest BCUT2D eigenvalue weighted by Gasteiger charge is 2.10. The van der Waals surface area contributed by atoms with Crippen LogP contribution in [0, 0.1) is 11.8 Å². The van der Waals surface area contributed by atoms with Crippen molar-refractivity contribution in [2.45, 2.75) is 13.0 Å². The Bertz CT molecular complexity index is 514. The number of rotatable bonds is 3. The summed E-state index contributed by atoms with van der Waals surface area (Å²) in [6.07, 6.45) is 1.37.